The lowest BCUT2D eigenvalue weighted by atomic mass is 9.73. The number of piperidine rings is 1. The number of hydrogen-bond donors (Lipinski definition) is 2. The summed E-state index contributed by atoms with van der Waals surface area (Å²) < 4.78 is 6.18. The number of pyridine rings is 1. The van der Waals surface area contributed by atoms with Crippen LogP contribution >= 0.6 is 0 Å². The van der Waals surface area contributed by atoms with Gasteiger partial charge < -0.3 is 20.7 Å². The third-order valence-electron chi connectivity index (χ3n) is 5.62. The van der Waals surface area contributed by atoms with Crippen LogP contribution in [-0.4, -0.2) is 46.4 Å². The Bertz CT molecular complexity index is 964. The maximum atomic E-state index is 13.2. The van der Waals surface area contributed by atoms with Crippen LogP contribution in [0, 0.1) is 5.92 Å². The van der Waals surface area contributed by atoms with Gasteiger partial charge in [0.1, 0.15) is 11.7 Å². The molecule has 4 rings (SSSR count). The molecule has 2 aromatic rings. The third kappa shape index (κ3) is 3.30. The third-order valence-corrected chi connectivity index (χ3v) is 5.62. The van der Waals surface area contributed by atoms with Crippen LogP contribution in [-0.2, 0) is 9.59 Å². The van der Waals surface area contributed by atoms with Gasteiger partial charge in [0.25, 0.3) is 5.91 Å². The molecule has 0 aliphatic carbocycles. The first-order chi connectivity index (χ1) is 13.9. The summed E-state index contributed by atoms with van der Waals surface area (Å²) in [6.07, 6.45) is 3.53. The molecule has 2 aliphatic heterocycles. The van der Waals surface area contributed by atoms with E-state index in [0.29, 0.717) is 17.7 Å². The predicted octanol–water partition coefficient (Wildman–Crippen LogP) is 1.04. The SMILES string of the molecule is C[C@@]12C[C@@H](c3ccccc3O1)[C@H](C(N)=O)C(=O)N2CCNC(=O)c1ccncc1. The van der Waals surface area contributed by atoms with Crippen molar-refractivity contribution in [1.29, 1.82) is 0 Å². The fourth-order valence-corrected chi connectivity index (χ4v) is 4.27. The molecule has 3 amide bonds. The molecular weight excluding hydrogens is 372 g/mol. The fraction of sp³-hybridized carbons (Fsp3) is 0.333. The van der Waals surface area contributed by atoms with Gasteiger partial charge in [0.05, 0.1) is 0 Å². The Hall–Kier alpha value is -3.42. The molecule has 1 saturated heterocycles. The van der Waals surface area contributed by atoms with Crippen LogP contribution in [0.5, 0.6) is 5.75 Å². The average Bonchev–Trinajstić information content (AvgIpc) is 2.70. The molecule has 0 radical (unpaired) electrons. The van der Waals surface area contributed by atoms with Crippen molar-refractivity contribution >= 4 is 17.7 Å². The van der Waals surface area contributed by atoms with Gasteiger partial charge >= 0.3 is 0 Å². The van der Waals surface area contributed by atoms with Gasteiger partial charge in [-0.05, 0) is 30.7 Å². The van der Waals surface area contributed by atoms with Crippen LogP contribution < -0.4 is 15.8 Å². The van der Waals surface area contributed by atoms with E-state index in [1.807, 2.05) is 31.2 Å². The molecule has 3 heterocycles. The number of carbonyl (C=O) groups excluding carboxylic acids is 3. The first-order valence-electron chi connectivity index (χ1n) is 9.48. The van der Waals surface area contributed by atoms with Crippen LogP contribution in [0.3, 0.4) is 0 Å². The standard InChI is InChI=1S/C21H22N4O4/c1-21-12-15(14-4-2-3-5-16(14)29-21)17(18(22)26)20(28)25(21)11-10-24-19(27)13-6-8-23-9-7-13/h2-9,15,17H,10-12H2,1H3,(H2,22,26)(H,24,27)/t15-,17+,21-/m0/s1. The Labute approximate surface area is 168 Å². The summed E-state index contributed by atoms with van der Waals surface area (Å²) in [4.78, 5) is 43.0. The number of benzene rings is 1. The van der Waals surface area contributed by atoms with Crippen molar-refractivity contribution in [2.45, 2.75) is 25.0 Å². The Morgan fingerprint density at radius 1 is 1.28 bits per heavy atom. The van der Waals surface area contributed by atoms with E-state index in [1.165, 1.54) is 17.3 Å². The van der Waals surface area contributed by atoms with Gasteiger partial charge in [0.2, 0.25) is 11.8 Å². The van der Waals surface area contributed by atoms with E-state index < -0.39 is 17.6 Å². The molecule has 0 spiro atoms. The molecule has 0 saturated carbocycles. The number of carbonyl (C=O) groups is 3. The largest absolute Gasteiger partial charge is 0.468 e. The number of aromatic nitrogens is 1. The predicted molar refractivity (Wildman–Crippen MR) is 104 cm³/mol. The van der Waals surface area contributed by atoms with Gasteiger partial charge in [0.15, 0.2) is 5.72 Å². The number of ether oxygens (including phenoxy) is 1. The van der Waals surface area contributed by atoms with Crippen molar-refractivity contribution in [2.75, 3.05) is 13.1 Å². The molecule has 0 unspecified atom stereocenters. The van der Waals surface area contributed by atoms with Crippen LogP contribution in [0.4, 0.5) is 0 Å². The molecule has 8 heteroatoms. The number of rotatable bonds is 5. The van der Waals surface area contributed by atoms with Crippen LogP contribution in [0.1, 0.15) is 35.2 Å². The number of nitrogens with two attached hydrogens (primary N) is 1. The van der Waals surface area contributed by atoms with Gasteiger partial charge in [-0.1, -0.05) is 18.2 Å². The first kappa shape index (κ1) is 18.9. The number of amides is 3. The molecule has 29 heavy (non-hydrogen) atoms. The van der Waals surface area contributed by atoms with Crippen LogP contribution in [0.25, 0.3) is 0 Å². The molecule has 3 atom stereocenters. The normalized spacial score (nSPS) is 25.0. The summed E-state index contributed by atoms with van der Waals surface area (Å²) in [7, 11) is 0. The summed E-state index contributed by atoms with van der Waals surface area (Å²) in [5.74, 6) is -1.91. The zero-order valence-corrected chi connectivity index (χ0v) is 16.0. The maximum Gasteiger partial charge on any atom is 0.251 e. The number of nitrogens with one attached hydrogen (secondary N) is 1. The molecule has 150 valence electrons. The van der Waals surface area contributed by atoms with Crippen molar-refractivity contribution in [2.24, 2.45) is 11.7 Å². The van der Waals surface area contributed by atoms with E-state index in [0.717, 1.165) is 5.56 Å². The molecule has 2 bridgehead atoms. The van der Waals surface area contributed by atoms with Gasteiger partial charge in [0, 0.05) is 43.4 Å². The minimum absolute atomic E-state index is 0.199. The first-order valence-corrected chi connectivity index (χ1v) is 9.48. The number of likely N-dealkylation sites (tertiary alicyclic amines) is 1. The number of para-hydroxylation sites is 1. The Morgan fingerprint density at radius 3 is 2.72 bits per heavy atom. The van der Waals surface area contributed by atoms with Crippen molar-refractivity contribution in [1.82, 2.24) is 15.2 Å². The van der Waals surface area contributed by atoms with E-state index in [1.54, 1.807) is 12.1 Å². The summed E-state index contributed by atoms with van der Waals surface area (Å²) in [6.45, 7) is 2.24. The molecule has 3 N–H and O–H groups in total. The van der Waals surface area contributed by atoms with Crippen molar-refractivity contribution < 1.29 is 19.1 Å². The van der Waals surface area contributed by atoms with Gasteiger partial charge in [-0.2, -0.15) is 0 Å². The monoisotopic (exact) mass is 394 g/mol. The summed E-state index contributed by atoms with van der Waals surface area (Å²) >= 11 is 0. The average molecular weight is 394 g/mol. The minimum Gasteiger partial charge on any atom is -0.468 e. The number of nitrogens with zero attached hydrogens (tertiary/aromatic N) is 2. The number of primary amides is 1. The van der Waals surface area contributed by atoms with E-state index in [9.17, 15) is 14.4 Å². The van der Waals surface area contributed by atoms with Crippen LogP contribution in [0.15, 0.2) is 48.8 Å². The highest BCUT2D eigenvalue weighted by Gasteiger charge is 2.55. The van der Waals surface area contributed by atoms with E-state index in [-0.39, 0.29) is 30.8 Å². The minimum atomic E-state index is -0.955. The highest BCUT2D eigenvalue weighted by Crippen LogP contribution is 2.49. The molecule has 2 aliphatic rings. The second kappa shape index (κ2) is 7.20. The topological polar surface area (TPSA) is 115 Å². The van der Waals surface area contributed by atoms with Crippen molar-refractivity contribution in [3.05, 3.63) is 59.9 Å². The highest BCUT2D eigenvalue weighted by atomic mass is 16.5. The van der Waals surface area contributed by atoms with Crippen molar-refractivity contribution in [3.8, 4) is 5.75 Å². The van der Waals surface area contributed by atoms with Gasteiger partial charge in [-0.25, -0.2) is 0 Å². The molecule has 1 aromatic carbocycles. The molecule has 8 nitrogen and oxygen atoms in total. The van der Waals surface area contributed by atoms with E-state index >= 15 is 0 Å². The van der Waals surface area contributed by atoms with E-state index in [2.05, 4.69) is 10.3 Å². The lowest BCUT2D eigenvalue weighted by Crippen LogP contribution is -2.65. The Morgan fingerprint density at radius 2 is 2.00 bits per heavy atom. The van der Waals surface area contributed by atoms with E-state index in [4.69, 9.17) is 10.5 Å². The fourth-order valence-electron chi connectivity index (χ4n) is 4.27. The summed E-state index contributed by atoms with van der Waals surface area (Å²) in [5.41, 5.74) is 6.00. The summed E-state index contributed by atoms with van der Waals surface area (Å²) in [6, 6.07) is 10.6. The number of fused-ring (bicyclic) bond motifs is 4. The molecular formula is C21H22N4O4. The molecule has 1 aromatic heterocycles. The zero-order valence-electron chi connectivity index (χ0n) is 16.0. The van der Waals surface area contributed by atoms with Gasteiger partial charge in [-0.15, -0.1) is 0 Å². The smallest absolute Gasteiger partial charge is 0.251 e. The zero-order chi connectivity index (χ0) is 20.6. The lowest BCUT2D eigenvalue weighted by molar-refractivity contribution is -0.175. The second-order valence-electron chi connectivity index (χ2n) is 7.49. The second-order valence-corrected chi connectivity index (χ2v) is 7.49. The van der Waals surface area contributed by atoms with Crippen LogP contribution in [0.2, 0.25) is 0 Å². The number of hydrogen-bond acceptors (Lipinski definition) is 5. The molecule has 1 fully saturated rings. The Balaban J connectivity index is 1.55. The van der Waals surface area contributed by atoms with Gasteiger partial charge in [-0.3, -0.25) is 19.4 Å². The quantitative estimate of drug-likeness (QED) is 0.736. The van der Waals surface area contributed by atoms with Crippen molar-refractivity contribution in [3.63, 3.8) is 0 Å². The lowest BCUT2D eigenvalue weighted by Gasteiger charge is -2.52. The summed E-state index contributed by atoms with van der Waals surface area (Å²) in [5, 5.41) is 2.79. The highest BCUT2D eigenvalue weighted by molar-refractivity contribution is 6.02. The maximum absolute atomic E-state index is 13.2. The Kier molecular flexibility index (Phi) is 4.70.